The lowest BCUT2D eigenvalue weighted by atomic mass is 9.79. The van der Waals surface area contributed by atoms with E-state index >= 15 is 0 Å². The van der Waals surface area contributed by atoms with E-state index in [1.807, 2.05) is 6.20 Å². The molecule has 4 aromatic rings. The third-order valence-electron chi connectivity index (χ3n) is 9.01. The average molecular weight is 501 g/mol. The summed E-state index contributed by atoms with van der Waals surface area (Å²) in [5.74, 6) is 1.07. The van der Waals surface area contributed by atoms with Gasteiger partial charge in [0.25, 0.3) is 0 Å². The zero-order valence-electron chi connectivity index (χ0n) is 21.5. The molecule has 4 unspecified atom stereocenters. The van der Waals surface area contributed by atoms with E-state index in [2.05, 4.69) is 117 Å². The molecule has 1 aliphatic carbocycles. The number of benzene rings is 3. The molecule has 11 rings (SSSR count). The number of nitrogens with one attached hydrogen (secondary N) is 2. The molecule has 6 nitrogen and oxygen atoms in total. The van der Waals surface area contributed by atoms with Crippen LogP contribution in [0.25, 0.3) is 22.3 Å². The van der Waals surface area contributed by atoms with E-state index < -0.39 is 0 Å². The van der Waals surface area contributed by atoms with Gasteiger partial charge in [0.05, 0.1) is 23.5 Å². The fourth-order valence-corrected chi connectivity index (χ4v) is 7.19. The number of aromatic nitrogens is 1. The molecule has 38 heavy (non-hydrogen) atoms. The molecule has 0 saturated carbocycles. The number of piperidine rings is 2. The Hall–Kier alpha value is -4.00. The number of hydrogen-bond acceptors (Lipinski definition) is 5. The maximum atomic E-state index is 6.53. The lowest BCUT2D eigenvalue weighted by Gasteiger charge is -2.68. The van der Waals surface area contributed by atoms with Crippen LogP contribution in [0.5, 0.6) is 0 Å². The van der Waals surface area contributed by atoms with E-state index in [9.17, 15) is 0 Å². The second-order valence-corrected chi connectivity index (χ2v) is 10.9. The molecule has 6 saturated heterocycles. The van der Waals surface area contributed by atoms with Crippen molar-refractivity contribution >= 4 is 28.0 Å². The van der Waals surface area contributed by atoms with Crippen molar-refractivity contribution in [3.63, 3.8) is 0 Å². The van der Waals surface area contributed by atoms with Gasteiger partial charge in [0, 0.05) is 47.7 Å². The molecule has 0 radical (unpaired) electrons. The summed E-state index contributed by atoms with van der Waals surface area (Å²) in [5.41, 5.74) is 15.5. The molecule has 6 fully saturated rings. The maximum absolute atomic E-state index is 6.53. The largest absolute Gasteiger partial charge is 0.402 e. The fourth-order valence-electron chi connectivity index (χ4n) is 7.19. The number of fused-ring (bicyclic) bond motifs is 3. The first-order chi connectivity index (χ1) is 18.7. The predicted octanol–water partition coefficient (Wildman–Crippen LogP) is 4.50. The Kier molecular flexibility index (Phi) is 4.78. The molecule has 7 heterocycles. The van der Waals surface area contributed by atoms with Crippen LogP contribution in [0, 0.1) is 0 Å². The Bertz CT molecular complexity index is 1580. The Morgan fingerprint density at radius 1 is 0.868 bits per heavy atom. The van der Waals surface area contributed by atoms with Crippen molar-refractivity contribution < 1.29 is 0 Å². The monoisotopic (exact) mass is 500 g/mol. The molecule has 0 spiro atoms. The van der Waals surface area contributed by atoms with Crippen LogP contribution >= 0.6 is 0 Å². The average Bonchev–Trinajstić information content (AvgIpc) is 3.29. The van der Waals surface area contributed by atoms with Crippen LogP contribution in [0.15, 0.2) is 96.8 Å². The minimum absolute atomic E-state index is 0.274. The van der Waals surface area contributed by atoms with Crippen molar-refractivity contribution in [2.75, 3.05) is 11.9 Å². The zero-order chi connectivity index (χ0) is 25.4. The van der Waals surface area contributed by atoms with E-state index in [1.54, 1.807) is 0 Å². The first-order valence-electron chi connectivity index (χ1n) is 13.7. The minimum Gasteiger partial charge on any atom is -0.402 e. The van der Waals surface area contributed by atoms with Gasteiger partial charge in [-0.3, -0.25) is 9.88 Å². The summed E-state index contributed by atoms with van der Waals surface area (Å²) < 4.78 is 2.45. The van der Waals surface area contributed by atoms with Gasteiger partial charge in [-0.05, 0) is 48.6 Å². The molecule has 3 aromatic carbocycles. The number of allylic oxidation sites excluding steroid dienone is 1. The molecule has 4 N–H and O–H groups in total. The van der Waals surface area contributed by atoms with E-state index in [0.29, 0.717) is 12.1 Å². The van der Waals surface area contributed by atoms with Crippen LogP contribution in [0.3, 0.4) is 0 Å². The summed E-state index contributed by atoms with van der Waals surface area (Å²) in [4.78, 5) is 4.89. The van der Waals surface area contributed by atoms with Gasteiger partial charge in [0.2, 0.25) is 0 Å². The summed E-state index contributed by atoms with van der Waals surface area (Å²) in [5, 5.41) is 8.79. The number of aryl methyl sites for hydroxylation is 1. The van der Waals surface area contributed by atoms with Crippen molar-refractivity contribution in [3.8, 4) is 0 Å². The highest BCUT2D eigenvalue weighted by atomic mass is 15.6. The Morgan fingerprint density at radius 2 is 1.53 bits per heavy atom. The Morgan fingerprint density at radius 3 is 2.21 bits per heavy atom. The van der Waals surface area contributed by atoms with Crippen LogP contribution < -0.4 is 21.3 Å². The van der Waals surface area contributed by atoms with Gasteiger partial charge in [0.1, 0.15) is 5.82 Å². The van der Waals surface area contributed by atoms with Crippen LogP contribution in [0.4, 0.5) is 5.69 Å². The second-order valence-electron chi connectivity index (χ2n) is 10.9. The number of nitrogens with two attached hydrogens (primary N) is 1. The van der Waals surface area contributed by atoms with E-state index in [0.717, 1.165) is 18.7 Å². The van der Waals surface area contributed by atoms with Crippen molar-refractivity contribution in [3.05, 3.63) is 114 Å². The van der Waals surface area contributed by atoms with E-state index in [4.69, 9.17) is 5.73 Å². The number of anilines is 1. The van der Waals surface area contributed by atoms with E-state index in [-0.39, 0.29) is 12.3 Å². The second kappa shape index (κ2) is 8.25. The fraction of sp³-hybridized carbons (Fsp3) is 0.250. The first kappa shape index (κ1) is 22.0. The van der Waals surface area contributed by atoms with E-state index in [1.165, 1.54) is 51.1 Å². The standard InChI is InChI=1S/C32H32N6/c1-36(21-12-6-3-7-13-21)27-17-16-23-22-14-8-9-15-26(22)37(30(23)29(27)20-10-4-2-5-11-20)28(19-33)38-31-24-18-25(34-24)32(38)35-31/h2-15,19,24-25,31-32,34-35H,16-18,33H2,1H3/b28-19-. The highest BCUT2D eigenvalue weighted by Crippen LogP contribution is 2.47. The topological polar surface area (TPSA) is 61.5 Å². The summed E-state index contributed by atoms with van der Waals surface area (Å²) >= 11 is 0. The molecule has 0 amide bonds. The molecule has 1 aromatic heterocycles. The van der Waals surface area contributed by atoms with Crippen molar-refractivity contribution in [2.24, 2.45) is 5.73 Å². The Balaban J connectivity index is 1.39. The van der Waals surface area contributed by atoms with Crippen molar-refractivity contribution in [1.29, 1.82) is 0 Å². The minimum atomic E-state index is 0.274. The van der Waals surface area contributed by atoms with Crippen molar-refractivity contribution in [2.45, 2.75) is 43.7 Å². The highest BCUT2D eigenvalue weighted by Gasteiger charge is 2.59. The third kappa shape index (κ3) is 2.96. The molecule has 4 atom stereocenters. The summed E-state index contributed by atoms with van der Waals surface area (Å²) in [7, 11) is 2.20. The van der Waals surface area contributed by atoms with Gasteiger partial charge in [-0.25, -0.2) is 0 Å². The summed E-state index contributed by atoms with van der Waals surface area (Å²) in [6.07, 6.45) is 5.58. The molecule has 4 bridgehead atoms. The summed E-state index contributed by atoms with van der Waals surface area (Å²) in [6, 6.07) is 31.4. The van der Waals surface area contributed by atoms with Gasteiger partial charge in [0.15, 0.2) is 0 Å². The van der Waals surface area contributed by atoms with Gasteiger partial charge in [-0.15, -0.1) is 0 Å². The van der Waals surface area contributed by atoms with Crippen LogP contribution in [-0.4, -0.2) is 40.9 Å². The lowest BCUT2D eigenvalue weighted by Crippen LogP contribution is -2.91. The normalized spacial score (nSPS) is 25.6. The van der Waals surface area contributed by atoms with Gasteiger partial charge >= 0.3 is 0 Å². The number of hydrogen-bond donors (Lipinski definition) is 3. The zero-order valence-corrected chi connectivity index (χ0v) is 21.5. The van der Waals surface area contributed by atoms with Crippen LogP contribution in [0.2, 0.25) is 0 Å². The van der Waals surface area contributed by atoms with Gasteiger partial charge in [-0.1, -0.05) is 66.7 Å². The molecular formula is C32H32N6. The SMILES string of the molecule is CN(C1=C(c2ccccc2)c2c(c3ccccc3n2/C(=C/N)N2C3NC2C2CC3N2)CC1)c1ccccc1. The van der Waals surface area contributed by atoms with Crippen LogP contribution in [0.1, 0.15) is 29.7 Å². The maximum Gasteiger partial charge on any atom is 0.132 e. The Labute approximate surface area is 223 Å². The molecule has 7 aliphatic rings. The number of para-hydroxylation sites is 2. The number of piperazine rings is 2. The smallest absolute Gasteiger partial charge is 0.132 e. The van der Waals surface area contributed by atoms with Crippen molar-refractivity contribution in [1.82, 2.24) is 20.1 Å². The lowest BCUT2D eigenvalue weighted by molar-refractivity contribution is -0.126. The van der Waals surface area contributed by atoms with Gasteiger partial charge < -0.3 is 20.9 Å². The van der Waals surface area contributed by atoms with Gasteiger partial charge in [-0.2, -0.15) is 0 Å². The molecule has 6 aliphatic heterocycles. The summed E-state index contributed by atoms with van der Waals surface area (Å²) in [6.45, 7) is 0. The predicted molar refractivity (Wildman–Crippen MR) is 154 cm³/mol. The van der Waals surface area contributed by atoms with Crippen LogP contribution in [-0.2, 0) is 6.42 Å². The highest BCUT2D eigenvalue weighted by molar-refractivity contribution is 5.98. The number of rotatable bonds is 5. The third-order valence-corrected chi connectivity index (χ3v) is 9.01. The quantitative estimate of drug-likeness (QED) is 0.377. The molecular weight excluding hydrogens is 468 g/mol. The number of nitrogens with zero attached hydrogens (tertiary/aromatic N) is 3. The molecule has 190 valence electrons. The molecule has 6 heteroatoms. The first-order valence-corrected chi connectivity index (χ1v) is 13.7.